The van der Waals surface area contributed by atoms with Crippen LogP contribution in [0.25, 0.3) is 0 Å². The van der Waals surface area contributed by atoms with Crippen molar-refractivity contribution in [1.29, 1.82) is 0 Å². The average molecular weight is 321 g/mol. The Bertz CT molecular complexity index is 621. The number of ether oxygens (including phenoxy) is 1. The fraction of sp³-hybridized carbons (Fsp3) is 0.455. The van der Waals surface area contributed by atoms with E-state index in [4.69, 9.17) is 0 Å². The first-order chi connectivity index (χ1) is 9.83. The minimum absolute atomic E-state index is 0.130. The third kappa shape index (κ3) is 4.34. The van der Waals surface area contributed by atoms with Gasteiger partial charge < -0.3 is 10.1 Å². The van der Waals surface area contributed by atoms with Crippen LogP contribution in [0.4, 0.5) is 10.1 Å². The van der Waals surface area contributed by atoms with Crippen molar-refractivity contribution in [2.45, 2.75) is 11.3 Å². The second kappa shape index (κ2) is 7.29. The van der Waals surface area contributed by atoms with Crippen LogP contribution in [-0.2, 0) is 10.0 Å². The predicted octanol–water partition coefficient (Wildman–Crippen LogP) is 0.630. The van der Waals surface area contributed by atoms with Gasteiger partial charge in [0.25, 0.3) is 0 Å². The molecule has 0 bridgehead atoms. The molecule has 1 aromatic rings. The second-order valence-corrected chi connectivity index (χ2v) is 5.84. The Hall–Kier alpha value is -1.78. The SMILES string of the molecule is CNCCCNS(=O)(=O)c1cc(F)c(OC)c([N+](=O)[O-])c1. The normalized spacial score (nSPS) is 11.4. The van der Waals surface area contributed by atoms with E-state index >= 15 is 0 Å². The number of nitro benzene ring substituents is 1. The maximum absolute atomic E-state index is 13.7. The van der Waals surface area contributed by atoms with Crippen LogP contribution in [0.2, 0.25) is 0 Å². The van der Waals surface area contributed by atoms with E-state index in [1.165, 1.54) is 0 Å². The number of rotatable bonds is 8. The lowest BCUT2D eigenvalue weighted by Gasteiger charge is -2.09. The molecule has 0 aliphatic heterocycles. The minimum atomic E-state index is -4.02. The van der Waals surface area contributed by atoms with Crippen LogP contribution in [0.1, 0.15) is 6.42 Å². The van der Waals surface area contributed by atoms with Gasteiger partial charge in [-0.15, -0.1) is 0 Å². The van der Waals surface area contributed by atoms with E-state index in [9.17, 15) is 22.9 Å². The summed E-state index contributed by atoms with van der Waals surface area (Å²) in [5.74, 6) is -1.71. The van der Waals surface area contributed by atoms with Gasteiger partial charge >= 0.3 is 5.69 Å². The second-order valence-electron chi connectivity index (χ2n) is 4.07. The molecule has 10 heteroatoms. The topological polar surface area (TPSA) is 111 Å². The van der Waals surface area contributed by atoms with Gasteiger partial charge in [0.05, 0.1) is 16.9 Å². The Morgan fingerprint density at radius 2 is 2.05 bits per heavy atom. The third-order valence-corrected chi connectivity index (χ3v) is 4.04. The fourth-order valence-corrected chi connectivity index (χ4v) is 2.71. The van der Waals surface area contributed by atoms with Crippen LogP contribution in [0, 0.1) is 15.9 Å². The van der Waals surface area contributed by atoms with Gasteiger partial charge in [0.1, 0.15) is 0 Å². The van der Waals surface area contributed by atoms with Crippen molar-refractivity contribution in [3.05, 3.63) is 28.1 Å². The number of halogens is 1. The lowest BCUT2D eigenvalue weighted by molar-refractivity contribution is -0.386. The number of methoxy groups -OCH3 is 1. The van der Waals surface area contributed by atoms with Gasteiger partial charge in [0, 0.05) is 12.6 Å². The van der Waals surface area contributed by atoms with E-state index in [0.29, 0.717) is 19.0 Å². The summed E-state index contributed by atoms with van der Waals surface area (Å²) in [6, 6.07) is 1.45. The molecule has 0 saturated carbocycles. The van der Waals surface area contributed by atoms with Gasteiger partial charge in [-0.2, -0.15) is 0 Å². The summed E-state index contributed by atoms with van der Waals surface area (Å²) in [5, 5.41) is 13.7. The van der Waals surface area contributed by atoms with Crippen LogP contribution >= 0.6 is 0 Å². The maximum Gasteiger partial charge on any atom is 0.315 e. The predicted molar refractivity (Wildman–Crippen MR) is 73.3 cm³/mol. The highest BCUT2D eigenvalue weighted by Gasteiger charge is 2.25. The smallest absolute Gasteiger partial charge is 0.315 e. The number of nitro groups is 1. The summed E-state index contributed by atoms with van der Waals surface area (Å²) >= 11 is 0. The Morgan fingerprint density at radius 3 is 2.57 bits per heavy atom. The summed E-state index contributed by atoms with van der Waals surface area (Å²) < 4.78 is 44.5. The van der Waals surface area contributed by atoms with Crippen LogP contribution < -0.4 is 14.8 Å². The van der Waals surface area contributed by atoms with Crippen LogP contribution in [-0.4, -0.2) is 40.6 Å². The summed E-state index contributed by atoms with van der Waals surface area (Å²) in [6.07, 6.45) is 0.524. The van der Waals surface area contributed by atoms with Gasteiger partial charge in [0.15, 0.2) is 5.82 Å². The third-order valence-electron chi connectivity index (χ3n) is 2.60. The standard InChI is InChI=1S/C11H16FN3O5S/c1-13-4-3-5-14-21(18,19)8-6-9(12)11(20-2)10(7-8)15(16)17/h6-7,13-14H,3-5H2,1-2H3. The molecule has 118 valence electrons. The lowest BCUT2D eigenvalue weighted by atomic mass is 10.3. The van der Waals surface area contributed by atoms with Crippen molar-refractivity contribution >= 4 is 15.7 Å². The molecule has 0 unspecified atom stereocenters. The molecule has 0 radical (unpaired) electrons. The summed E-state index contributed by atoms with van der Waals surface area (Å²) in [4.78, 5) is 9.43. The number of sulfonamides is 1. The Kier molecular flexibility index (Phi) is 6.00. The molecule has 1 aromatic carbocycles. The first-order valence-electron chi connectivity index (χ1n) is 5.99. The zero-order valence-electron chi connectivity index (χ0n) is 11.6. The van der Waals surface area contributed by atoms with Crippen LogP contribution in [0.15, 0.2) is 17.0 Å². The first-order valence-corrected chi connectivity index (χ1v) is 7.48. The molecule has 8 nitrogen and oxygen atoms in total. The molecule has 21 heavy (non-hydrogen) atoms. The summed E-state index contributed by atoms with van der Waals surface area (Å²) in [7, 11) is -1.24. The molecule has 0 fully saturated rings. The first kappa shape index (κ1) is 17.3. The van der Waals surface area contributed by atoms with Crippen molar-refractivity contribution in [1.82, 2.24) is 10.0 Å². The molecule has 0 aliphatic rings. The molecule has 0 atom stereocenters. The highest BCUT2D eigenvalue weighted by atomic mass is 32.2. The molecular formula is C11H16FN3O5S. The molecule has 0 saturated heterocycles. The van der Waals surface area contributed by atoms with Crippen molar-refractivity contribution in [3.8, 4) is 5.75 Å². The average Bonchev–Trinajstić information content (AvgIpc) is 2.42. The molecule has 0 spiro atoms. The highest BCUT2D eigenvalue weighted by molar-refractivity contribution is 7.89. The van der Waals surface area contributed by atoms with Crippen molar-refractivity contribution in [2.24, 2.45) is 0 Å². The Labute approximate surface area is 121 Å². The van der Waals surface area contributed by atoms with Gasteiger partial charge in [-0.3, -0.25) is 10.1 Å². The minimum Gasteiger partial charge on any atom is -0.488 e. The summed E-state index contributed by atoms with van der Waals surface area (Å²) in [5.41, 5.74) is -0.743. The summed E-state index contributed by atoms with van der Waals surface area (Å²) in [6.45, 7) is 0.726. The zero-order chi connectivity index (χ0) is 16.0. The highest BCUT2D eigenvalue weighted by Crippen LogP contribution is 2.32. The maximum atomic E-state index is 13.7. The van der Waals surface area contributed by atoms with Crippen molar-refractivity contribution < 1.29 is 22.5 Å². The van der Waals surface area contributed by atoms with E-state index in [2.05, 4.69) is 14.8 Å². The van der Waals surface area contributed by atoms with E-state index in [1.807, 2.05) is 0 Å². The van der Waals surface area contributed by atoms with Crippen LogP contribution in [0.3, 0.4) is 0 Å². The number of benzene rings is 1. The Balaban J connectivity index is 3.10. The fourth-order valence-electron chi connectivity index (χ4n) is 1.60. The van der Waals surface area contributed by atoms with Crippen LogP contribution in [0.5, 0.6) is 5.75 Å². The molecule has 0 aliphatic carbocycles. The van der Waals surface area contributed by atoms with Gasteiger partial charge in [-0.05, 0) is 26.1 Å². The molecule has 1 rings (SSSR count). The number of nitrogens with zero attached hydrogens (tertiary/aromatic N) is 1. The van der Waals surface area contributed by atoms with E-state index in [1.54, 1.807) is 7.05 Å². The largest absolute Gasteiger partial charge is 0.488 e. The van der Waals surface area contributed by atoms with Crippen molar-refractivity contribution in [2.75, 3.05) is 27.2 Å². The molecule has 0 heterocycles. The molecule has 0 aromatic heterocycles. The molecular weight excluding hydrogens is 305 g/mol. The van der Waals surface area contributed by atoms with E-state index in [0.717, 1.165) is 13.2 Å². The Morgan fingerprint density at radius 1 is 1.38 bits per heavy atom. The number of nitrogens with one attached hydrogen (secondary N) is 2. The van der Waals surface area contributed by atoms with E-state index < -0.39 is 37.1 Å². The zero-order valence-corrected chi connectivity index (χ0v) is 12.4. The van der Waals surface area contributed by atoms with E-state index in [-0.39, 0.29) is 6.54 Å². The lowest BCUT2D eigenvalue weighted by Crippen LogP contribution is -2.27. The molecule has 2 N–H and O–H groups in total. The van der Waals surface area contributed by atoms with Crippen molar-refractivity contribution in [3.63, 3.8) is 0 Å². The van der Waals surface area contributed by atoms with Gasteiger partial charge in [0.2, 0.25) is 15.8 Å². The quantitative estimate of drug-likeness (QED) is 0.413. The van der Waals surface area contributed by atoms with Gasteiger partial charge in [-0.1, -0.05) is 0 Å². The monoisotopic (exact) mass is 321 g/mol. The van der Waals surface area contributed by atoms with Gasteiger partial charge in [-0.25, -0.2) is 17.5 Å². The molecule has 0 amide bonds. The number of hydrogen-bond acceptors (Lipinski definition) is 6. The number of hydrogen-bond donors (Lipinski definition) is 2.